The van der Waals surface area contributed by atoms with E-state index in [1.807, 2.05) is 0 Å². The fourth-order valence-corrected chi connectivity index (χ4v) is 1.79. The Hall–Kier alpha value is -0.300. The largest absolute Gasteiger partial charge is 0.392 e. The molecule has 0 radical (unpaired) electrons. The van der Waals surface area contributed by atoms with Gasteiger partial charge in [0.25, 0.3) is 0 Å². The van der Waals surface area contributed by atoms with E-state index in [0.717, 1.165) is 6.42 Å². The maximum atomic E-state index is 9.18. The predicted molar refractivity (Wildman–Crippen MR) is 36.0 cm³/mol. The molecule has 3 atom stereocenters. The molecule has 2 aliphatic carbocycles. The van der Waals surface area contributed by atoms with E-state index in [2.05, 4.69) is 19.1 Å². The van der Waals surface area contributed by atoms with Gasteiger partial charge in [-0.3, -0.25) is 0 Å². The van der Waals surface area contributed by atoms with Gasteiger partial charge in [-0.2, -0.15) is 0 Å². The van der Waals surface area contributed by atoms with E-state index in [4.69, 9.17) is 0 Å². The van der Waals surface area contributed by atoms with Crippen molar-refractivity contribution in [1.29, 1.82) is 0 Å². The van der Waals surface area contributed by atoms with Crippen molar-refractivity contribution in [3.05, 3.63) is 12.2 Å². The van der Waals surface area contributed by atoms with E-state index >= 15 is 0 Å². The van der Waals surface area contributed by atoms with Crippen LogP contribution in [0.1, 0.15) is 19.8 Å². The van der Waals surface area contributed by atoms with E-state index < -0.39 is 0 Å². The summed E-state index contributed by atoms with van der Waals surface area (Å²) in [5, 5.41) is 9.18. The van der Waals surface area contributed by atoms with Gasteiger partial charge in [0.05, 0.1) is 6.10 Å². The molecule has 1 N–H and O–H groups in total. The molecule has 0 aromatic rings. The maximum Gasteiger partial charge on any atom is 0.0641 e. The second-order valence-electron chi connectivity index (χ2n) is 3.49. The maximum absolute atomic E-state index is 9.18. The highest BCUT2D eigenvalue weighted by Gasteiger charge is 2.53. The van der Waals surface area contributed by atoms with Crippen LogP contribution < -0.4 is 0 Å². The monoisotopic (exact) mass is 124 g/mol. The lowest BCUT2D eigenvalue weighted by molar-refractivity contribution is 0.234. The predicted octanol–water partition coefficient (Wildman–Crippen LogP) is 1.33. The van der Waals surface area contributed by atoms with Crippen LogP contribution in [-0.2, 0) is 0 Å². The molecule has 0 amide bonds. The lowest BCUT2D eigenvalue weighted by atomic mass is 10.0. The molecule has 1 heteroatoms. The standard InChI is InChI=1S/C8H12O/c1-6-2-3-8(4-6)5-7(8)9/h2-3,6-7,9H,4-5H2,1H3/t6-,7+,8-/m0/s1. The normalized spacial score (nSPS) is 54.9. The Morgan fingerprint density at radius 2 is 2.22 bits per heavy atom. The molecule has 1 fully saturated rings. The third kappa shape index (κ3) is 0.645. The first-order valence-corrected chi connectivity index (χ1v) is 3.60. The first kappa shape index (κ1) is 5.48. The van der Waals surface area contributed by atoms with Crippen LogP contribution in [0.4, 0.5) is 0 Å². The van der Waals surface area contributed by atoms with Gasteiger partial charge in [0, 0.05) is 5.41 Å². The third-order valence-corrected chi connectivity index (χ3v) is 2.54. The Morgan fingerprint density at radius 1 is 1.56 bits per heavy atom. The SMILES string of the molecule is C[C@H]1C=C[C@@]2(C[C@H]2O)C1. The summed E-state index contributed by atoms with van der Waals surface area (Å²) in [6.45, 7) is 2.20. The highest BCUT2D eigenvalue weighted by Crippen LogP contribution is 2.55. The summed E-state index contributed by atoms with van der Waals surface area (Å²) in [6.07, 6.45) is 6.58. The summed E-state index contributed by atoms with van der Waals surface area (Å²) >= 11 is 0. The molecule has 0 unspecified atom stereocenters. The van der Waals surface area contributed by atoms with Crippen molar-refractivity contribution < 1.29 is 5.11 Å². The van der Waals surface area contributed by atoms with Crippen molar-refractivity contribution in [3.8, 4) is 0 Å². The second kappa shape index (κ2) is 1.40. The highest BCUT2D eigenvalue weighted by molar-refractivity contribution is 5.22. The second-order valence-corrected chi connectivity index (χ2v) is 3.49. The van der Waals surface area contributed by atoms with Crippen molar-refractivity contribution in [3.63, 3.8) is 0 Å². The molecule has 50 valence electrons. The quantitative estimate of drug-likeness (QED) is 0.483. The molecule has 1 nitrogen and oxygen atoms in total. The van der Waals surface area contributed by atoms with Crippen LogP contribution in [0, 0.1) is 11.3 Å². The third-order valence-electron chi connectivity index (χ3n) is 2.54. The minimum Gasteiger partial charge on any atom is -0.392 e. The summed E-state index contributed by atoms with van der Waals surface area (Å²) < 4.78 is 0. The van der Waals surface area contributed by atoms with Gasteiger partial charge >= 0.3 is 0 Å². The minimum atomic E-state index is -0.0151. The molecular weight excluding hydrogens is 112 g/mol. The lowest BCUT2D eigenvalue weighted by Gasteiger charge is -2.03. The smallest absolute Gasteiger partial charge is 0.0641 e. The van der Waals surface area contributed by atoms with Crippen molar-refractivity contribution in [2.24, 2.45) is 11.3 Å². The van der Waals surface area contributed by atoms with Gasteiger partial charge in [0.1, 0.15) is 0 Å². The van der Waals surface area contributed by atoms with Crippen molar-refractivity contribution in [2.45, 2.75) is 25.9 Å². The van der Waals surface area contributed by atoms with Gasteiger partial charge in [-0.25, -0.2) is 0 Å². The highest BCUT2D eigenvalue weighted by atomic mass is 16.3. The van der Waals surface area contributed by atoms with Crippen LogP contribution >= 0.6 is 0 Å². The molecule has 0 saturated heterocycles. The fraction of sp³-hybridized carbons (Fsp3) is 0.750. The lowest BCUT2D eigenvalue weighted by Crippen LogP contribution is -2.00. The summed E-state index contributed by atoms with van der Waals surface area (Å²) in [7, 11) is 0. The molecule has 0 aromatic carbocycles. The molecular formula is C8H12O. The number of aliphatic hydroxyl groups excluding tert-OH is 1. The average Bonchev–Trinajstić information content (AvgIpc) is 2.17. The van der Waals surface area contributed by atoms with Crippen LogP contribution in [0.15, 0.2) is 12.2 Å². The molecule has 0 bridgehead atoms. The Bertz CT molecular complexity index is 162. The summed E-state index contributed by atoms with van der Waals surface area (Å²) in [5.74, 6) is 0.696. The van der Waals surface area contributed by atoms with Gasteiger partial charge in [-0.05, 0) is 18.8 Å². The topological polar surface area (TPSA) is 20.2 Å². The number of rotatable bonds is 0. The van der Waals surface area contributed by atoms with Crippen molar-refractivity contribution in [2.75, 3.05) is 0 Å². The molecule has 1 saturated carbocycles. The Morgan fingerprint density at radius 3 is 2.44 bits per heavy atom. The van der Waals surface area contributed by atoms with E-state index in [1.165, 1.54) is 6.42 Å². The number of hydrogen-bond acceptors (Lipinski definition) is 1. The van der Waals surface area contributed by atoms with Gasteiger partial charge in [-0.15, -0.1) is 0 Å². The van der Waals surface area contributed by atoms with E-state index in [1.54, 1.807) is 0 Å². The van der Waals surface area contributed by atoms with E-state index in [-0.39, 0.29) is 11.5 Å². The van der Waals surface area contributed by atoms with Crippen LogP contribution in [0.5, 0.6) is 0 Å². The van der Waals surface area contributed by atoms with Gasteiger partial charge < -0.3 is 5.11 Å². The Labute approximate surface area is 55.4 Å². The number of hydrogen-bond donors (Lipinski definition) is 1. The van der Waals surface area contributed by atoms with Crippen molar-refractivity contribution >= 4 is 0 Å². The number of aliphatic hydroxyl groups is 1. The van der Waals surface area contributed by atoms with Gasteiger partial charge in [0.15, 0.2) is 0 Å². The molecule has 2 rings (SSSR count). The molecule has 0 aromatic heterocycles. The van der Waals surface area contributed by atoms with E-state index in [9.17, 15) is 5.11 Å². The van der Waals surface area contributed by atoms with Crippen LogP contribution in [-0.4, -0.2) is 11.2 Å². The molecule has 9 heavy (non-hydrogen) atoms. The fourth-order valence-electron chi connectivity index (χ4n) is 1.79. The van der Waals surface area contributed by atoms with Crippen LogP contribution in [0.3, 0.4) is 0 Å². The summed E-state index contributed by atoms with van der Waals surface area (Å²) in [5.41, 5.74) is 0.249. The molecule has 1 spiro atoms. The summed E-state index contributed by atoms with van der Waals surface area (Å²) in [4.78, 5) is 0. The minimum absolute atomic E-state index is 0.0151. The molecule has 0 aliphatic heterocycles. The van der Waals surface area contributed by atoms with Crippen LogP contribution in [0.25, 0.3) is 0 Å². The van der Waals surface area contributed by atoms with Gasteiger partial charge in [0.2, 0.25) is 0 Å². The molecule has 0 heterocycles. The van der Waals surface area contributed by atoms with E-state index in [0.29, 0.717) is 5.92 Å². The average molecular weight is 124 g/mol. The Kier molecular flexibility index (Phi) is 0.854. The first-order chi connectivity index (χ1) is 4.23. The first-order valence-electron chi connectivity index (χ1n) is 3.60. The zero-order valence-corrected chi connectivity index (χ0v) is 5.67. The van der Waals surface area contributed by atoms with Crippen molar-refractivity contribution in [1.82, 2.24) is 0 Å². The number of allylic oxidation sites excluding steroid dienone is 1. The molecule has 2 aliphatic rings. The summed E-state index contributed by atoms with van der Waals surface area (Å²) in [6, 6.07) is 0. The Balaban J connectivity index is 2.13. The zero-order chi connectivity index (χ0) is 6.48. The zero-order valence-electron chi connectivity index (χ0n) is 5.67. The van der Waals surface area contributed by atoms with Gasteiger partial charge in [-0.1, -0.05) is 19.1 Å². The van der Waals surface area contributed by atoms with Crippen LogP contribution in [0.2, 0.25) is 0 Å².